The lowest BCUT2D eigenvalue weighted by molar-refractivity contribution is 0.317. The predicted octanol–water partition coefficient (Wildman–Crippen LogP) is 1.85. The predicted molar refractivity (Wildman–Crippen MR) is 48.8 cm³/mol. The molecule has 2 rings (SSSR count). The molecule has 1 aromatic rings. The maximum absolute atomic E-state index is 7.84. The lowest BCUT2D eigenvalue weighted by atomic mass is 10.1. The Morgan fingerprint density at radius 2 is 2.75 bits per heavy atom. The monoisotopic (exact) mass is 168 g/mol. The molecule has 0 saturated carbocycles. The van der Waals surface area contributed by atoms with Crippen LogP contribution in [0.5, 0.6) is 0 Å². The SMILES string of the molecule is [2H]c1nc([2H])c([C@@H]2CC([2H])([2H])CN2C)c([2H])c1[2H]. The molecule has 0 amide bonds. The second-order valence-corrected chi connectivity index (χ2v) is 2.88. The van der Waals surface area contributed by atoms with Gasteiger partial charge in [0.2, 0.25) is 0 Å². The molecule has 1 aromatic heterocycles. The van der Waals surface area contributed by atoms with Crippen LogP contribution in [0, 0.1) is 0 Å². The van der Waals surface area contributed by atoms with Crippen LogP contribution in [0.25, 0.3) is 0 Å². The number of rotatable bonds is 1. The van der Waals surface area contributed by atoms with Crippen LogP contribution in [-0.4, -0.2) is 23.5 Å². The van der Waals surface area contributed by atoms with Gasteiger partial charge in [0.1, 0.15) is 0 Å². The standard InChI is InChI=1S/C10H14N2/c1-12-7-3-5-10(12)9-4-2-6-11-8-9/h2,4,6,8,10H,3,5,7H2,1H3/t10-/m0/s1/i2D,3D2,4D,6D,8D. The molecule has 1 aliphatic rings. The molecule has 0 aliphatic carbocycles. The van der Waals surface area contributed by atoms with Crippen LogP contribution in [0.1, 0.15) is 32.6 Å². The van der Waals surface area contributed by atoms with E-state index < -0.39 is 12.4 Å². The van der Waals surface area contributed by atoms with Gasteiger partial charge in [-0.05, 0) is 38.0 Å². The fraction of sp³-hybridized carbons (Fsp3) is 0.500. The smallest absolute Gasteiger partial charge is 0.0843 e. The van der Waals surface area contributed by atoms with Gasteiger partial charge in [-0.2, -0.15) is 0 Å². The summed E-state index contributed by atoms with van der Waals surface area (Å²) in [5.74, 6) is 0. The van der Waals surface area contributed by atoms with Gasteiger partial charge in [0.05, 0.1) is 5.48 Å². The summed E-state index contributed by atoms with van der Waals surface area (Å²) in [6, 6.07) is -0.909. The summed E-state index contributed by atoms with van der Waals surface area (Å²) in [4.78, 5) is 5.37. The first kappa shape index (κ1) is 3.46. The second kappa shape index (κ2) is 3.23. The summed E-state index contributed by atoms with van der Waals surface area (Å²) in [5.41, 5.74) is 0.250. The third kappa shape index (κ3) is 1.34. The number of hydrogen-bond donors (Lipinski definition) is 0. The lowest BCUT2D eigenvalue weighted by Gasteiger charge is -2.18. The fourth-order valence-corrected chi connectivity index (χ4v) is 1.36. The Morgan fingerprint density at radius 1 is 1.83 bits per heavy atom. The average Bonchev–Trinajstić information content (AvgIpc) is 2.49. The van der Waals surface area contributed by atoms with Crippen LogP contribution < -0.4 is 0 Å². The van der Waals surface area contributed by atoms with Crippen molar-refractivity contribution in [3.8, 4) is 0 Å². The van der Waals surface area contributed by atoms with E-state index in [1.807, 2.05) is 0 Å². The van der Waals surface area contributed by atoms with Gasteiger partial charge < -0.3 is 0 Å². The van der Waals surface area contributed by atoms with Gasteiger partial charge in [-0.1, -0.05) is 6.04 Å². The molecule has 0 aromatic carbocycles. The summed E-state index contributed by atoms with van der Waals surface area (Å²) in [6.45, 7) is 0.229. The van der Waals surface area contributed by atoms with Gasteiger partial charge in [-0.25, -0.2) is 0 Å². The Balaban J connectivity index is 2.50. The number of likely N-dealkylation sites (tertiary alicyclic amines) is 1. The van der Waals surface area contributed by atoms with Gasteiger partial charge in [0.25, 0.3) is 0 Å². The minimum Gasteiger partial charge on any atom is -0.299 e. The minimum absolute atomic E-state index is 0.180. The summed E-state index contributed by atoms with van der Waals surface area (Å²) in [6.07, 6.45) is -1.76. The molecule has 0 unspecified atom stereocenters. The van der Waals surface area contributed by atoms with E-state index in [9.17, 15) is 0 Å². The van der Waals surface area contributed by atoms with Gasteiger partial charge in [0.15, 0.2) is 0 Å². The first-order chi connectivity index (χ1) is 8.23. The Kier molecular flexibility index (Phi) is 0.933. The van der Waals surface area contributed by atoms with Crippen molar-refractivity contribution in [3.63, 3.8) is 0 Å². The van der Waals surface area contributed by atoms with Gasteiger partial charge in [-0.3, -0.25) is 9.88 Å². The Labute approximate surface area is 81.7 Å². The first-order valence-electron chi connectivity index (χ1n) is 6.87. The number of pyridine rings is 1. The van der Waals surface area contributed by atoms with E-state index in [0.717, 1.165) is 0 Å². The number of hydrogen-bond acceptors (Lipinski definition) is 2. The zero-order valence-electron chi connectivity index (χ0n) is 12.9. The molecule has 1 fully saturated rings. The quantitative estimate of drug-likeness (QED) is 0.636. The first-order valence-corrected chi connectivity index (χ1v) is 3.87. The fourth-order valence-electron chi connectivity index (χ4n) is 1.36. The van der Waals surface area contributed by atoms with E-state index in [1.54, 1.807) is 11.9 Å². The molecule has 64 valence electrons. The molecule has 1 saturated heterocycles. The maximum atomic E-state index is 7.84. The number of nitrogens with zero attached hydrogens (tertiary/aromatic N) is 2. The van der Waals surface area contributed by atoms with E-state index in [-0.39, 0.29) is 43.0 Å². The van der Waals surface area contributed by atoms with Crippen molar-refractivity contribution >= 4 is 0 Å². The molecule has 1 aliphatic heterocycles. The molecule has 0 radical (unpaired) electrons. The molecule has 0 spiro atoms. The summed E-state index contributed by atoms with van der Waals surface area (Å²) >= 11 is 0. The van der Waals surface area contributed by atoms with E-state index in [0.29, 0.717) is 0 Å². The number of aromatic nitrogens is 1. The molecular formula is C10H14N2. The highest BCUT2D eigenvalue weighted by molar-refractivity contribution is 5.14. The van der Waals surface area contributed by atoms with E-state index in [2.05, 4.69) is 4.98 Å². The van der Waals surface area contributed by atoms with Crippen molar-refractivity contribution < 1.29 is 8.22 Å². The van der Waals surface area contributed by atoms with Crippen LogP contribution in [0.2, 0.25) is 0 Å². The molecule has 0 bridgehead atoms. The Hall–Kier alpha value is -0.890. The highest BCUT2D eigenvalue weighted by atomic mass is 15.1. The van der Waals surface area contributed by atoms with Crippen LogP contribution >= 0.6 is 0 Å². The molecule has 0 N–H and O–H groups in total. The maximum Gasteiger partial charge on any atom is 0.0843 e. The van der Waals surface area contributed by atoms with Gasteiger partial charge in [-0.15, -0.1) is 0 Å². The van der Waals surface area contributed by atoms with Crippen LogP contribution in [0.4, 0.5) is 0 Å². The van der Waals surface area contributed by atoms with Crippen molar-refractivity contribution in [2.75, 3.05) is 13.6 Å². The highest BCUT2D eigenvalue weighted by Crippen LogP contribution is 2.29. The van der Waals surface area contributed by atoms with Gasteiger partial charge in [0, 0.05) is 21.1 Å². The molecule has 2 nitrogen and oxygen atoms in total. The van der Waals surface area contributed by atoms with Crippen molar-refractivity contribution in [2.24, 2.45) is 0 Å². The Morgan fingerprint density at radius 3 is 3.50 bits per heavy atom. The molecule has 2 heterocycles. The second-order valence-electron chi connectivity index (χ2n) is 2.88. The summed E-state index contributed by atoms with van der Waals surface area (Å²) in [5, 5.41) is 0. The van der Waals surface area contributed by atoms with Gasteiger partial charge >= 0.3 is 0 Å². The minimum atomic E-state index is -1.36. The largest absolute Gasteiger partial charge is 0.299 e. The van der Waals surface area contributed by atoms with Crippen LogP contribution in [-0.2, 0) is 0 Å². The van der Waals surface area contributed by atoms with Crippen molar-refractivity contribution in [1.29, 1.82) is 0 Å². The summed E-state index contributed by atoms with van der Waals surface area (Å²) < 4.78 is 46.0. The molecule has 1 atom stereocenters. The van der Waals surface area contributed by atoms with Crippen molar-refractivity contribution in [3.05, 3.63) is 30.0 Å². The van der Waals surface area contributed by atoms with Crippen molar-refractivity contribution in [2.45, 2.75) is 18.8 Å². The third-order valence-electron chi connectivity index (χ3n) is 2.05. The van der Waals surface area contributed by atoms with E-state index in [1.165, 1.54) is 0 Å². The normalized spacial score (nSPS) is 35.9. The zero-order chi connectivity index (χ0) is 13.7. The van der Waals surface area contributed by atoms with Crippen molar-refractivity contribution in [1.82, 2.24) is 9.88 Å². The van der Waals surface area contributed by atoms with Crippen LogP contribution in [0.3, 0.4) is 0 Å². The highest BCUT2D eigenvalue weighted by Gasteiger charge is 2.21. The van der Waals surface area contributed by atoms with E-state index >= 15 is 0 Å². The molecule has 12 heavy (non-hydrogen) atoms. The average molecular weight is 168 g/mol. The lowest BCUT2D eigenvalue weighted by Crippen LogP contribution is -2.17. The topological polar surface area (TPSA) is 16.1 Å². The Bertz CT molecular complexity index is 490. The zero-order valence-corrected chi connectivity index (χ0v) is 6.89. The third-order valence-corrected chi connectivity index (χ3v) is 2.05. The molecular weight excluding hydrogens is 148 g/mol. The van der Waals surface area contributed by atoms with E-state index in [4.69, 9.17) is 8.22 Å². The molecule has 2 heteroatoms. The summed E-state index contributed by atoms with van der Waals surface area (Å²) in [7, 11) is 1.73. The van der Waals surface area contributed by atoms with Crippen LogP contribution in [0.15, 0.2) is 24.4 Å².